The molecular weight excluding hydrogens is 408 g/mol. The number of ether oxygens (including phenoxy) is 1. The number of nitrogens with one attached hydrogen (secondary N) is 1. The number of carbonyl (C=O) groups excluding carboxylic acids is 1. The Morgan fingerprint density at radius 3 is 2.61 bits per heavy atom. The molecule has 31 heavy (non-hydrogen) atoms. The van der Waals surface area contributed by atoms with E-state index in [4.69, 9.17) is 4.74 Å². The highest BCUT2D eigenvalue weighted by atomic mass is 32.2. The van der Waals surface area contributed by atoms with E-state index in [1.807, 2.05) is 73.0 Å². The second-order valence-electron chi connectivity index (χ2n) is 7.11. The molecule has 0 aliphatic rings. The summed E-state index contributed by atoms with van der Waals surface area (Å²) in [5.41, 5.74) is 1.94. The summed E-state index contributed by atoms with van der Waals surface area (Å²) in [4.78, 5) is 12.3. The molecule has 3 aromatic carbocycles. The van der Waals surface area contributed by atoms with E-state index in [0.717, 1.165) is 33.6 Å². The third-order valence-corrected chi connectivity index (χ3v) is 5.85. The van der Waals surface area contributed by atoms with E-state index in [1.54, 1.807) is 0 Å². The van der Waals surface area contributed by atoms with Crippen LogP contribution in [0.4, 0.5) is 5.69 Å². The molecular formula is C24H24N4O2S. The van der Waals surface area contributed by atoms with Gasteiger partial charge in [0.15, 0.2) is 11.0 Å². The summed E-state index contributed by atoms with van der Waals surface area (Å²) in [6.07, 6.45) is 0. The summed E-state index contributed by atoms with van der Waals surface area (Å²) in [5, 5.41) is 14.4. The number of hydrogen-bond donors (Lipinski definition) is 1. The van der Waals surface area contributed by atoms with Crippen LogP contribution in [-0.4, -0.2) is 26.4 Å². The van der Waals surface area contributed by atoms with Gasteiger partial charge in [-0.25, -0.2) is 0 Å². The molecule has 0 bridgehead atoms. The van der Waals surface area contributed by atoms with Crippen LogP contribution < -0.4 is 10.1 Å². The molecule has 6 nitrogen and oxygen atoms in total. The number of fused-ring (bicyclic) bond motifs is 1. The average molecular weight is 433 g/mol. The summed E-state index contributed by atoms with van der Waals surface area (Å²) in [7, 11) is 0. The minimum atomic E-state index is -0.0759. The van der Waals surface area contributed by atoms with Gasteiger partial charge in [0.05, 0.1) is 5.75 Å². The van der Waals surface area contributed by atoms with Crippen LogP contribution in [0.15, 0.2) is 71.9 Å². The fraction of sp³-hybridized carbons (Fsp3) is 0.208. The van der Waals surface area contributed by atoms with E-state index in [9.17, 15) is 4.79 Å². The van der Waals surface area contributed by atoms with Crippen LogP contribution in [0, 0.1) is 6.92 Å². The molecule has 4 aromatic rings. The maximum atomic E-state index is 12.3. The predicted molar refractivity (Wildman–Crippen MR) is 125 cm³/mol. The van der Waals surface area contributed by atoms with Crippen molar-refractivity contribution in [2.75, 3.05) is 11.1 Å². The topological polar surface area (TPSA) is 69.0 Å². The zero-order valence-electron chi connectivity index (χ0n) is 17.5. The summed E-state index contributed by atoms with van der Waals surface area (Å²) in [6.45, 7) is 5.05. The molecule has 1 aromatic heterocycles. The average Bonchev–Trinajstić information content (AvgIpc) is 3.19. The molecule has 1 amide bonds. The Kier molecular flexibility index (Phi) is 6.52. The number of rotatable bonds is 8. The first-order chi connectivity index (χ1) is 15.1. The van der Waals surface area contributed by atoms with Gasteiger partial charge in [-0.05, 0) is 37.4 Å². The Labute approximate surface area is 185 Å². The van der Waals surface area contributed by atoms with Gasteiger partial charge in [0.25, 0.3) is 0 Å². The van der Waals surface area contributed by atoms with Gasteiger partial charge < -0.3 is 14.6 Å². The molecule has 0 radical (unpaired) electrons. The lowest BCUT2D eigenvalue weighted by molar-refractivity contribution is -0.113. The van der Waals surface area contributed by atoms with E-state index >= 15 is 0 Å². The Morgan fingerprint density at radius 1 is 1.03 bits per heavy atom. The lowest BCUT2D eigenvalue weighted by Crippen LogP contribution is -2.15. The number of nitrogens with zero attached hydrogens (tertiary/aromatic N) is 3. The van der Waals surface area contributed by atoms with Crippen molar-refractivity contribution in [3.63, 3.8) is 0 Å². The summed E-state index contributed by atoms with van der Waals surface area (Å²) >= 11 is 1.37. The fourth-order valence-corrected chi connectivity index (χ4v) is 4.10. The number of amides is 1. The summed E-state index contributed by atoms with van der Waals surface area (Å²) in [6, 6.07) is 21.9. The van der Waals surface area contributed by atoms with E-state index in [2.05, 4.69) is 27.6 Å². The van der Waals surface area contributed by atoms with E-state index < -0.39 is 0 Å². The van der Waals surface area contributed by atoms with Crippen molar-refractivity contribution in [1.29, 1.82) is 0 Å². The quantitative estimate of drug-likeness (QED) is 0.394. The highest BCUT2D eigenvalue weighted by molar-refractivity contribution is 7.99. The predicted octanol–water partition coefficient (Wildman–Crippen LogP) is 5.07. The number of aromatic nitrogens is 3. The molecule has 0 aliphatic heterocycles. The number of aryl methyl sites for hydroxylation is 1. The molecule has 158 valence electrons. The Hall–Kier alpha value is -3.32. The third-order valence-electron chi connectivity index (χ3n) is 4.88. The largest absolute Gasteiger partial charge is 0.485 e. The maximum absolute atomic E-state index is 12.3. The molecule has 0 saturated carbocycles. The molecule has 1 heterocycles. The molecule has 0 unspecified atom stereocenters. The van der Waals surface area contributed by atoms with Crippen molar-refractivity contribution in [3.05, 3.63) is 78.1 Å². The van der Waals surface area contributed by atoms with Crippen molar-refractivity contribution in [1.82, 2.24) is 14.8 Å². The van der Waals surface area contributed by atoms with Crippen LogP contribution in [-0.2, 0) is 17.9 Å². The zero-order chi connectivity index (χ0) is 21.6. The van der Waals surface area contributed by atoms with Crippen LogP contribution in [0.3, 0.4) is 0 Å². The lowest BCUT2D eigenvalue weighted by Gasteiger charge is -2.11. The lowest BCUT2D eigenvalue weighted by atomic mass is 10.1. The normalized spacial score (nSPS) is 10.9. The molecule has 4 rings (SSSR count). The van der Waals surface area contributed by atoms with Gasteiger partial charge in [0.2, 0.25) is 5.91 Å². The standard InChI is InChI=1S/C24H24N4O2S/c1-3-28-22(15-30-21-10-6-8-18-7-4-5-9-20(18)21)26-27-24(28)31-16-23(29)25-19-13-11-17(2)12-14-19/h4-14H,3,15-16H2,1-2H3,(H,25,29). The SMILES string of the molecule is CCn1c(COc2cccc3ccccc23)nnc1SCC(=O)Nc1ccc(C)cc1. The van der Waals surface area contributed by atoms with Gasteiger partial charge in [-0.1, -0.05) is 65.9 Å². The number of carbonyl (C=O) groups is 1. The zero-order valence-corrected chi connectivity index (χ0v) is 18.4. The molecule has 0 saturated heterocycles. The highest BCUT2D eigenvalue weighted by Gasteiger charge is 2.14. The third kappa shape index (κ3) is 5.06. The van der Waals surface area contributed by atoms with E-state index in [-0.39, 0.29) is 11.7 Å². The van der Waals surface area contributed by atoms with Crippen LogP contribution in [0.25, 0.3) is 10.8 Å². The summed E-state index contributed by atoms with van der Waals surface area (Å²) in [5.74, 6) is 1.73. The first kappa shape index (κ1) is 20.9. The van der Waals surface area contributed by atoms with Crippen LogP contribution >= 0.6 is 11.8 Å². The van der Waals surface area contributed by atoms with Crippen LogP contribution in [0.5, 0.6) is 5.75 Å². The van der Waals surface area contributed by atoms with Crippen molar-refractivity contribution < 1.29 is 9.53 Å². The molecule has 0 fully saturated rings. The second kappa shape index (κ2) is 9.66. The van der Waals surface area contributed by atoms with Gasteiger partial charge >= 0.3 is 0 Å². The van der Waals surface area contributed by atoms with Crippen LogP contribution in [0.2, 0.25) is 0 Å². The molecule has 0 atom stereocenters. The van der Waals surface area contributed by atoms with Gasteiger partial charge in [0.1, 0.15) is 12.4 Å². The summed E-state index contributed by atoms with van der Waals surface area (Å²) < 4.78 is 8.04. The number of hydrogen-bond acceptors (Lipinski definition) is 5. The highest BCUT2D eigenvalue weighted by Crippen LogP contribution is 2.26. The molecule has 7 heteroatoms. The Morgan fingerprint density at radius 2 is 1.81 bits per heavy atom. The number of anilines is 1. The van der Waals surface area contributed by atoms with Crippen molar-refractivity contribution in [2.45, 2.75) is 32.2 Å². The van der Waals surface area contributed by atoms with Gasteiger partial charge in [-0.15, -0.1) is 10.2 Å². The first-order valence-electron chi connectivity index (χ1n) is 10.2. The first-order valence-corrected chi connectivity index (χ1v) is 11.1. The van der Waals surface area contributed by atoms with Crippen molar-refractivity contribution in [3.8, 4) is 5.75 Å². The molecule has 0 aliphatic carbocycles. The maximum Gasteiger partial charge on any atom is 0.234 e. The molecule has 1 N–H and O–H groups in total. The smallest absolute Gasteiger partial charge is 0.234 e. The van der Waals surface area contributed by atoms with Crippen LogP contribution in [0.1, 0.15) is 18.3 Å². The van der Waals surface area contributed by atoms with Gasteiger partial charge in [0, 0.05) is 17.6 Å². The number of thioether (sulfide) groups is 1. The van der Waals surface area contributed by atoms with Crippen molar-refractivity contribution in [2.24, 2.45) is 0 Å². The fourth-order valence-electron chi connectivity index (χ4n) is 3.28. The second-order valence-corrected chi connectivity index (χ2v) is 8.05. The van der Waals surface area contributed by atoms with E-state index in [0.29, 0.717) is 18.3 Å². The monoisotopic (exact) mass is 432 g/mol. The van der Waals surface area contributed by atoms with E-state index in [1.165, 1.54) is 11.8 Å². The Bertz CT molecular complexity index is 1180. The minimum Gasteiger partial charge on any atom is -0.485 e. The van der Waals surface area contributed by atoms with Crippen molar-refractivity contribution >= 4 is 34.1 Å². The molecule has 0 spiro atoms. The Balaban J connectivity index is 1.39. The van der Waals surface area contributed by atoms with Gasteiger partial charge in [-0.3, -0.25) is 4.79 Å². The number of benzene rings is 3. The van der Waals surface area contributed by atoms with Gasteiger partial charge in [-0.2, -0.15) is 0 Å². The minimum absolute atomic E-state index is 0.0759.